The summed E-state index contributed by atoms with van der Waals surface area (Å²) in [4.78, 5) is 11.4. The van der Waals surface area contributed by atoms with E-state index in [4.69, 9.17) is 10.5 Å². The number of amides is 1. The van der Waals surface area contributed by atoms with Crippen LogP contribution in [0.3, 0.4) is 0 Å². The number of carbonyl (C=O) groups excluding carboxylic acids is 1. The molecule has 0 aromatic carbocycles. The van der Waals surface area contributed by atoms with Crippen LogP contribution in [0.15, 0.2) is 0 Å². The van der Waals surface area contributed by atoms with Gasteiger partial charge in [0.25, 0.3) is 0 Å². The van der Waals surface area contributed by atoms with Gasteiger partial charge >= 0.3 is 0 Å². The summed E-state index contributed by atoms with van der Waals surface area (Å²) in [5.74, 6) is 0.279. The highest BCUT2D eigenvalue weighted by molar-refractivity contribution is 5.76. The van der Waals surface area contributed by atoms with Crippen molar-refractivity contribution in [2.75, 3.05) is 19.7 Å². The number of carbonyl (C=O) groups is 1. The molecule has 0 aromatic heterocycles. The maximum Gasteiger partial charge on any atom is 0.220 e. The van der Waals surface area contributed by atoms with Crippen molar-refractivity contribution >= 4 is 5.91 Å². The fourth-order valence-corrected chi connectivity index (χ4v) is 1.23. The number of ether oxygens (including phenoxy) is 1. The van der Waals surface area contributed by atoms with E-state index < -0.39 is 0 Å². The average Bonchev–Trinajstić information content (AvgIpc) is 2.15. The van der Waals surface area contributed by atoms with Gasteiger partial charge in [0.15, 0.2) is 0 Å². The number of nitrogens with one attached hydrogen (secondary N) is 1. The molecule has 90 valence electrons. The van der Waals surface area contributed by atoms with Gasteiger partial charge < -0.3 is 15.8 Å². The Morgan fingerprint density at radius 3 is 2.60 bits per heavy atom. The molecule has 0 saturated heterocycles. The van der Waals surface area contributed by atoms with Crippen LogP contribution in [-0.2, 0) is 9.53 Å². The Labute approximate surface area is 92.6 Å². The SMILES string of the molecule is CCOC(C)(C)CNC(=O)CC(C)CN. The second kappa shape index (κ2) is 6.80. The molecule has 0 fully saturated rings. The van der Waals surface area contributed by atoms with Gasteiger partial charge in [0.2, 0.25) is 5.91 Å². The second-order valence-corrected chi connectivity index (χ2v) is 4.51. The minimum atomic E-state index is -0.295. The van der Waals surface area contributed by atoms with Crippen LogP contribution in [0.2, 0.25) is 0 Å². The lowest BCUT2D eigenvalue weighted by atomic mass is 10.1. The predicted octanol–water partition coefficient (Wildman–Crippen LogP) is 0.903. The summed E-state index contributed by atoms with van der Waals surface area (Å²) in [5, 5.41) is 2.85. The summed E-state index contributed by atoms with van der Waals surface area (Å²) < 4.78 is 5.47. The van der Waals surface area contributed by atoms with Crippen molar-refractivity contribution in [3.05, 3.63) is 0 Å². The van der Waals surface area contributed by atoms with Crippen molar-refractivity contribution in [3.63, 3.8) is 0 Å². The van der Waals surface area contributed by atoms with Crippen molar-refractivity contribution in [3.8, 4) is 0 Å². The third-order valence-electron chi connectivity index (χ3n) is 2.18. The van der Waals surface area contributed by atoms with E-state index >= 15 is 0 Å². The molecule has 4 heteroatoms. The largest absolute Gasteiger partial charge is 0.374 e. The first-order valence-electron chi connectivity index (χ1n) is 5.52. The Bertz CT molecular complexity index is 193. The number of hydrogen-bond donors (Lipinski definition) is 2. The monoisotopic (exact) mass is 216 g/mol. The molecule has 0 aliphatic heterocycles. The van der Waals surface area contributed by atoms with Gasteiger partial charge in [-0.25, -0.2) is 0 Å². The number of nitrogens with two attached hydrogens (primary N) is 1. The van der Waals surface area contributed by atoms with E-state index in [1.54, 1.807) is 0 Å². The molecule has 4 nitrogen and oxygen atoms in total. The van der Waals surface area contributed by atoms with E-state index in [0.29, 0.717) is 26.1 Å². The first-order chi connectivity index (χ1) is 6.91. The van der Waals surface area contributed by atoms with Crippen LogP contribution in [0.4, 0.5) is 0 Å². The Kier molecular flexibility index (Phi) is 6.52. The highest BCUT2D eigenvalue weighted by Gasteiger charge is 2.18. The van der Waals surface area contributed by atoms with E-state index in [2.05, 4.69) is 5.32 Å². The summed E-state index contributed by atoms with van der Waals surface area (Å²) in [6, 6.07) is 0. The third-order valence-corrected chi connectivity index (χ3v) is 2.18. The lowest BCUT2D eigenvalue weighted by Gasteiger charge is -2.25. The van der Waals surface area contributed by atoms with Crippen molar-refractivity contribution in [1.82, 2.24) is 5.32 Å². The summed E-state index contributed by atoms with van der Waals surface area (Å²) in [6.07, 6.45) is 0.485. The number of rotatable bonds is 7. The van der Waals surface area contributed by atoms with Gasteiger partial charge in [-0.2, -0.15) is 0 Å². The molecule has 0 rings (SSSR count). The zero-order chi connectivity index (χ0) is 11.9. The normalized spacial score (nSPS) is 13.7. The first kappa shape index (κ1) is 14.4. The van der Waals surface area contributed by atoms with Crippen LogP contribution in [0.25, 0.3) is 0 Å². The van der Waals surface area contributed by atoms with Crippen molar-refractivity contribution in [2.24, 2.45) is 11.7 Å². The standard InChI is InChI=1S/C11H24N2O2/c1-5-15-11(3,4)8-13-10(14)6-9(2)7-12/h9H,5-8,12H2,1-4H3,(H,13,14). The van der Waals surface area contributed by atoms with E-state index in [0.717, 1.165) is 0 Å². The van der Waals surface area contributed by atoms with E-state index in [1.165, 1.54) is 0 Å². The Morgan fingerprint density at radius 1 is 1.53 bits per heavy atom. The zero-order valence-electron chi connectivity index (χ0n) is 10.3. The molecule has 0 aliphatic carbocycles. The smallest absolute Gasteiger partial charge is 0.220 e. The van der Waals surface area contributed by atoms with Crippen LogP contribution in [0.1, 0.15) is 34.1 Å². The minimum Gasteiger partial charge on any atom is -0.374 e. The average molecular weight is 216 g/mol. The summed E-state index contributed by atoms with van der Waals surface area (Å²) in [5.41, 5.74) is 5.15. The highest BCUT2D eigenvalue weighted by atomic mass is 16.5. The zero-order valence-corrected chi connectivity index (χ0v) is 10.3. The fraction of sp³-hybridized carbons (Fsp3) is 0.909. The first-order valence-corrected chi connectivity index (χ1v) is 5.52. The van der Waals surface area contributed by atoms with E-state index in [1.807, 2.05) is 27.7 Å². The summed E-state index contributed by atoms with van der Waals surface area (Å²) in [6.45, 7) is 9.57. The van der Waals surface area contributed by atoms with E-state index in [9.17, 15) is 4.79 Å². The van der Waals surface area contributed by atoms with Gasteiger partial charge in [-0.1, -0.05) is 6.92 Å². The van der Waals surface area contributed by atoms with Gasteiger partial charge in [-0.3, -0.25) is 4.79 Å². The molecule has 3 N–H and O–H groups in total. The van der Waals surface area contributed by atoms with Gasteiger partial charge in [0.1, 0.15) is 0 Å². The molecule has 0 radical (unpaired) electrons. The summed E-state index contributed by atoms with van der Waals surface area (Å²) in [7, 11) is 0. The highest BCUT2D eigenvalue weighted by Crippen LogP contribution is 2.07. The predicted molar refractivity (Wildman–Crippen MR) is 61.6 cm³/mol. The maximum absolute atomic E-state index is 11.4. The quantitative estimate of drug-likeness (QED) is 0.664. The van der Waals surface area contributed by atoms with Crippen molar-refractivity contribution < 1.29 is 9.53 Å². The van der Waals surface area contributed by atoms with Gasteiger partial charge in [0.05, 0.1) is 5.60 Å². The summed E-state index contributed by atoms with van der Waals surface area (Å²) >= 11 is 0. The van der Waals surface area contributed by atoms with Crippen LogP contribution in [-0.4, -0.2) is 31.2 Å². The molecule has 15 heavy (non-hydrogen) atoms. The minimum absolute atomic E-state index is 0.0423. The van der Waals surface area contributed by atoms with Crippen LogP contribution >= 0.6 is 0 Å². The molecule has 0 heterocycles. The van der Waals surface area contributed by atoms with Crippen LogP contribution < -0.4 is 11.1 Å². The van der Waals surface area contributed by atoms with Gasteiger partial charge in [-0.05, 0) is 33.2 Å². The second-order valence-electron chi connectivity index (χ2n) is 4.51. The Balaban J connectivity index is 3.79. The Morgan fingerprint density at radius 2 is 2.13 bits per heavy atom. The van der Waals surface area contributed by atoms with Gasteiger partial charge in [0, 0.05) is 19.6 Å². The molecule has 1 amide bonds. The molecule has 0 saturated carbocycles. The molecular formula is C11H24N2O2. The Hall–Kier alpha value is -0.610. The van der Waals surface area contributed by atoms with Crippen molar-refractivity contribution in [1.29, 1.82) is 0 Å². The lowest BCUT2D eigenvalue weighted by Crippen LogP contribution is -2.41. The van der Waals surface area contributed by atoms with Crippen molar-refractivity contribution in [2.45, 2.75) is 39.7 Å². The molecule has 0 bridgehead atoms. The molecule has 0 aromatic rings. The number of hydrogen-bond acceptors (Lipinski definition) is 3. The topological polar surface area (TPSA) is 64.3 Å². The van der Waals surface area contributed by atoms with Gasteiger partial charge in [-0.15, -0.1) is 0 Å². The van der Waals surface area contributed by atoms with Crippen LogP contribution in [0, 0.1) is 5.92 Å². The molecule has 0 spiro atoms. The maximum atomic E-state index is 11.4. The van der Waals surface area contributed by atoms with E-state index in [-0.39, 0.29) is 17.4 Å². The fourth-order valence-electron chi connectivity index (χ4n) is 1.23. The molecule has 1 atom stereocenters. The van der Waals surface area contributed by atoms with Crippen LogP contribution in [0.5, 0.6) is 0 Å². The molecule has 0 aliphatic rings. The lowest BCUT2D eigenvalue weighted by molar-refractivity contribution is -0.123. The molecular weight excluding hydrogens is 192 g/mol. The third kappa shape index (κ3) is 7.33. The molecule has 1 unspecified atom stereocenters.